The van der Waals surface area contributed by atoms with Crippen LogP contribution in [0.15, 0.2) is 24.5 Å². The number of nitrogens with zero attached hydrogens (tertiary/aromatic N) is 3. The number of hydrogen-bond acceptors (Lipinski definition) is 5. The Bertz CT molecular complexity index is 527. The van der Waals surface area contributed by atoms with Crippen LogP contribution in [-0.2, 0) is 0 Å². The summed E-state index contributed by atoms with van der Waals surface area (Å²) >= 11 is 0. The summed E-state index contributed by atoms with van der Waals surface area (Å²) in [6, 6.07) is 3.46. The minimum absolute atomic E-state index is 0.0435. The van der Waals surface area contributed by atoms with E-state index in [1.165, 1.54) is 6.20 Å². The molecular formula is C9H8N4O2. The van der Waals surface area contributed by atoms with E-state index >= 15 is 0 Å². The van der Waals surface area contributed by atoms with Crippen LogP contribution in [0.5, 0.6) is 0 Å². The molecule has 0 saturated heterocycles. The Kier molecular flexibility index (Phi) is 2.17. The molecule has 2 aromatic heterocycles. The Labute approximate surface area is 85.1 Å². The Hall–Kier alpha value is -2.24. The Morgan fingerprint density at radius 1 is 1.47 bits per heavy atom. The average molecular weight is 204 g/mol. The van der Waals surface area contributed by atoms with Crippen LogP contribution in [0.1, 0.15) is 0 Å². The smallest absolute Gasteiger partial charge is 0.311 e. The lowest BCUT2D eigenvalue weighted by Gasteiger charge is -2.04. The summed E-state index contributed by atoms with van der Waals surface area (Å²) in [5.41, 5.74) is 0.892. The van der Waals surface area contributed by atoms with Crippen molar-refractivity contribution >= 4 is 22.4 Å². The molecule has 76 valence electrons. The number of hydrogen-bond donors (Lipinski definition) is 1. The summed E-state index contributed by atoms with van der Waals surface area (Å²) in [6.07, 6.45) is 2.81. The molecule has 0 aliphatic carbocycles. The van der Waals surface area contributed by atoms with Crippen molar-refractivity contribution in [3.8, 4) is 0 Å². The first-order valence-electron chi connectivity index (χ1n) is 4.30. The van der Waals surface area contributed by atoms with Gasteiger partial charge in [-0.3, -0.25) is 10.1 Å². The minimum atomic E-state index is -0.467. The summed E-state index contributed by atoms with van der Waals surface area (Å²) in [7, 11) is 1.63. The van der Waals surface area contributed by atoms with Gasteiger partial charge in [0, 0.05) is 18.6 Å². The number of rotatable bonds is 2. The Morgan fingerprint density at radius 3 is 2.93 bits per heavy atom. The second kappa shape index (κ2) is 3.49. The van der Waals surface area contributed by atoms with Crippen molar-refractivity contribution < 1.29 is 4.92 Å². The van der Waals surface area contributed by atoms with Crippen molar-refractivity contribution in [3.05, 3.63) is 34.6 Å². The molecule has 0 aromatic carbocycles. The van der Waals surface area contributed by atoms with Gasteiger partial charge in [0.25, 0.3) is 0 Å². The van der Waals surface area contributed by atoms with E-state index in [4.69, 9.17) is 0 Å². The van der Waals surface area contributed by atoms with E-state index in [2.05, 4.69) is 15.3 Å². The predicted octanol–water partition coefficient (Wildman–Crippen LogP) is 1.58. The molecule has 6 heteroatoms. The molecule has 15 heavy (non-hydrogen) atoms. The first-order valence-corrected chi connectivity index (χ1v) is 4.30. The normalized spacial score (nSPS) is 10.2. The second-order valence-corrected chi connectivity index (χ2v) is 2.90. The lowest BCUT2D eigenvalue weighted by atomic mass is 10.2. The fourth-order valence-electron chi connectivity index (χ4n) is 1.42. The maximum absolute atomic E-state index is 10.7. The van der Waals surface area contributed by atoms with Crippen LogP contribution in [0.3, 0.4) is 0 Å². The average Bonchev–Trinajstić information content (AvgIpc) is 2.27. The highest BCUT2D eigenvalue weighted by Gasteiger charge is 2.16. The number of nitro groups is 1. The molecule has 0 fully saturated rings. The van der Waals surface area contributed by atoms with Crippen molar-refractivity contribution in [2.75, 3.05) is 12.4 Å². The molecular weight excluding hydrogens is 196 g/mol. The Morgan fingerprint density at radius 2 is 2.27 bits per heavy atom. The molecule has 0 unspecified atom stereocenters. The fraction of sp³-hybridized carbons (Fsp3) is 0.111. The van der Waals surface area contributed by atoms with E-state index in [0.717, 1.165) is 0 Å². The number of pyridine rings is 2. The van der Waals surface area contributed by atoms with Gasteiger partial charge in [0.2, 0.25) is 0 Å². The van der Waals surface area contributed by atoms with Gasteiger partial charge < -0.3 is 5.32 Å². The minimum Gasteiger partial charge on any atom is -0.382 e. The standard InChI is InChI=1S/C9H8N4O2/c1-10-8-6-3-2-4-11-9(6)12-5-7(8)13(14)15/h2-5H,1H3,(H,10,11,12). The first kappa shape index (κ1) is 9.32. The molecule has 0 saturated carbocycles. The van der Waals surface area contributed by atoms with Crippen LogP contribution in [0.25, 0.3) is 11.0 Å². The van der Waals surface area contributed by atoms with Gasteiger partial charge in [-0.25, -0.2) is 9.97 Å². The zero-order valence-electron chi connectivity index (χ0n) is 7.97. The predicted molar refractivity (Wildman–Crippen MR) is 55.7 cm³/mol. The molecule has 6 nitrogen and oxygen atoms in total. The fourth-order valence-corrected chi connectivity index (χ4v) is 1.42. The molecule has 0 aliphatic rings. The van der Waals surface area contributed by atoms with Crippen LogP contribution in [0.4, 0.5) is 11.4 Å². The van der Waals surface area contributed by atoms with Crippen LogP contribution in [-0.4, -0.2) is 21.9 Å². The van der Waals surface area contributed by atoms with Gasteiger partial charge in [-0.1, -0.05) is 0 Å². The first-order chi connectivity index (χ1) is 7.24. The van der Waals surface area contributed by atoms with Crippen LogP contribution in [0.2, 0.25) is 0 Å². The van der Waals surface area contributed by atoms with Gasteiger partial charge in [0.1, 0.15) is 11.9 Å². The van der Waals surface area contributed by atoms with Gasteiger partial charge in [0.05, 0.1) is 4.92 Å². The monoisotopic (exact) mass is 204 g/mol. The zero-order chi connectivity index (χ0) is 10.8. The summed E-state index contributed by atoms with van der Waals surface area (Å²) in [4.78, 5) is 18.2. The largest absolute Gasteiger partial charge is 0.382 e. The third kappa shape index (κ3) is 1.45. The maximum atomic E-state index is 10.7. The van der Waals surface area contributed by atoms with Gasteiger partial charge >= 0.3 is 5.69 Å². The molecule has 2 aromatic rings. The van der Waals surface area contributed by atoms with E-state index in [-0.39, 0.29) is 5.69 Å². The van der Waals surface area contributed by atoms with E-state index in [1.54, 1.807) is 25.4 Å². The number of fused-ring (bicyclic) bond motifs is 1. The van der Waals surface area contributed by atoms with Gasteiger partial charge in [-0.2, -0.15) is 0 Å². The summed E-state index contributed by atoms with van der Waals surface area (Å²) in [5.74, 6) is 0. The van der Waals surface area contributed by atoms with E-state index in [1.807, 2.05) is 0 Å². The molecule has 0 amide bonds. The number of nitrogens with one attached hydrogen (secondary N) is 1. The van der Waals surface area contributed by atoms with Crippen molar-refractivity contribution in [3.63, 3.8) is 0 Å². The maximum Gasteiger partial charge on any atom is 0.311 e. The highest BCUT2D eigenvalue weighted by atomic mass is 16.6. The molecule has 2 heterocycles. The molecule has 0 atom stereocenters. The summed E-state index contributed by atoms with van der Waals surface area (Å²) in [5, 5.41) is 14.2. The summed E-state index contributed by atoms with van der Waals surface area (Å²) < 4.78 is 0. The molecule has 0 radical (unpaired) electrons. The summed E-state index contributed by atoms with van der Waals surface area (Å²) in [6.45, 7) is 0. The van der Waals surface area contributed by atoms with Gasteiger partial charge in [-0.05, 0) is 12.1 Å². The molecule has 0 spiro atoms. The van der Waals surface area contributed by atoms with Gasteiger partial charge in [-0.15, -0.1) is 0 Å². The van der Waals surface area contributed by atoms with Crippen LogP contribution >= 0.6 is 0 Å². The van der Waals surface area contributed by atoms with Crippen LogP contribution in [0, 0.1) is 10.1 Å². The SMILES string of the molecule is CNc1c([N+](=O)[O-])cnc2ncccc12. The third-order valence-electron chi connectivity index (χ3n) is 2.07. The quantitative estimate of drug-likeness (QED) is 0.593. The topological polar surface area (TPSA) is 81.0 Å². The second-order valence-electron chi connectivity index (χ2n) is 2.90. The molecule has 1 N–H and O–H groups in total. The lowest BCUT2D eigenvalue weighted by molar-refractivity contribution is -0.384. The van der Waals surface area contributed by atoms with E-state index in [0.29, 0.717) is 16.7 Å². The van der Waals surface area contributed by atoms with Crippen LogP contribution < -0.4 is 5.32 Å². The van der Waals surface area contributed by atoms with Crippen molar-refractivity contribution in [1.29, 1.82) is 0 Å². The van der Waals surface area contributed by atoms with E-state index < -0.39 is 4.92 Å². The zero-order valence-corrected chi connectivity index (χ0v) is 7.97. The van der Waals surface area contributed by atoms with Gasteiger partial charge in [0.15, 0.2) is 5.65 Å². The van der Waals surface area contributed by atoms with Crippen molar-refractivity contribution in [1.82, 2.24) is 9.97 Å². The van der Waals surface area contributed by atoms with E-state index in [9.17, 15) is 10.1 Å². The Balaban J connectivity index is 2.81. The molecule has 0 bridgehead atoms. The molecule has 2 rings (SSSR count). The number of anilines is 1. The highest BCUT2D eigenvalue weighted by Crippen LogP contribution is 2.29. The van der Waals surface area contributed by atoms with Crippen molar-refractivity contribution in [2.24, 2.45) is 0 Å². The molecule has 0 aliphatic heterocycles. The van der Waals surface area contributed by atoms with Crippen molar-refractivity contribution in [2.45, 2.75) is 0 Å². The number of aromatic nitrogens is 2. The third-order valence-corrected chi connectivity index (χ3v) is 2.07. The lowest BCUT2D eigenvalue weighted by Crippen LogP contribution is -1.99. The highest BCUT2D eigenvalue weighted by molar-refractivity contribution is 5.93.